The highest BCUT2D eigenvalue weighted by Crippen LogP contribution is 2.35. The van der Waals surface area contributed by atoms with Crippen molar-refractivity contribution in [3.05, 3.63) is 16.1 Å². The summed E-state index contributed by atoms with van der Waals surface area (Å²) in [6.07, 6.45) is -4.65. The summed E-state index contributed by atoms with van der Waals surface area (Å²) in [5.41, 5.74) is 0.238. The number of nitrogens with zero attached hydrogens (tertiary/aromatic N) is 2. The number of rotatable bonds is 4. The number of hydrogen-bond donors (Lipinski definition) is 1. The van der Waals surface area contributed by atoms with Crippen molar-refractivity contribution in [1.29, 1.82) is 0 Å². The fourth-order valence-corrected chi connectivity index (χ4v) is 2.00. The maximum atomic E-state index is 12.6. The zero-order valence-corrected chi connectivity index (χ0v) is 10.9. The van der Waals surface area contributed by atoms with Crippen LogP contribution >= 0.6 is 11.3 Å². The lowest BCUT2D eigenvalue weighted by molar-refractivity contribution is -0.141. The van der Waals surface area contributed by atoms with E-state index in [1.54, 1.807) is 0 Å². The van der Waals surface area contributed by atoms with Gasteiger partial charge in [0.1, 0.15) is 4.88 Å². The molecule has 0 aromatic carbocycles. The molecule has 0 aliphatic carbocycles. The van der Waals surface area contributed by atoms with Gasteiger partial charge in [-0.05, 0) is 0 Å². The molecule has 0 saturated heterocycles. The summed E-state index contributed by atoms with van der Waals surface area (Å²) in [7, 11) is 1.24. The van der Waals surface area contributed by atoms with Gasteiger partial charge in [0.25, 0.3) is 5.91 Å². The van der Waals surface area contributed by atoms with Crippen LogP contribution in [0.2, 0.25) is 0 Å². The van der Waals surface area contributed by atoms with Crippen LogP contribution in [-0.4, -0.2) is 40.5 Å². The van der Waals surface area contributed by atoms with Gasteiger partial charge in [-0.3, -0.25) is 9.59 Å². The minimum Gasteiger partial charge on any atom is -0.481 e. The summed E-state index contributed by atoms with van der Waals surface area (Å²) < 4.78 is 37.8. The van der Waals surface area contributed by atoms with Crippen LogP contribution in [-0.2, 0) is 11.0 Å². The molecule has 0 aliphatic rings. The Kier molecular flexibility index (Phi) is 4.51. The second-order valence-corrected chi connectivity index (χ2v) is 4.81. The first-order valence-corrected chi connectivity index (χ1v) is 6.01. The Bertz CT molecular complexity index is 487. The first-order valence-electron chi connectivity index (χ1n) is 5.13. The second-order valence-electron chi connectivity index (χ2n) is 3.95. The van der Waals surface area contributed by atoms with Crippen LogP contribution in [0.15, 0.2) is 5.51 Å². The fraction of sp³-hybridized carbons (Fsp3) is 0.500. The van der Waals surface area contributed by atoms with Crippen molar-refractivity contribution in [3.63, 3.8) is 0 Å². The Labute approximate surface area is 110 Å². The highest BCUT2D eigenvalue weighted by molar-refractivity contribution is 7.10. The van der Waals surface area contributed by atoms with Crippen molar-refractivity contribution in [2.75, 3.05) is 13.6 Å². The number of thiazole rings is 1. The summed E-state index contributed by atoms with van der Waals surface area (Å²) in [5, 5.41) is 8.70. The van der Waals surface area contributed by atoms with E-state index < -0.39 is 34.5 Å². The first kappa shape index (κ1) is 15.4. The smallest absolute Gasteiger partial charge is 0.427 e. The molecule has 1 unspecified atom stereocenters. The molecule has 0 bridgehead atoms. The van der Waals surface area contributed by atoms with Crippen molar-refractivity contribution in [1.82, 2.24) is 9.88 Å². The lowest BCUT2D eigenvalue weighted by atomic mass is 10.1. The molecule has 106 valence electrons. The minimum absolute atomic E-state index is 0.191. The lowest BCUT2D eigenvalue weighted by Crippen LogP contribution is -2.34. The van der Waals surface area contributed by atoms with Crippen LogP contribution in [0.1, 0.15) is 22.3 Å². The zero-order valence-electron chi connectivity index (χ0n) is 10.1. The summed E-state index contributed by atoms with van der Waals surface area (Å²) in [6.45, 7) is 1.17. The van der Waals surface area contributed by atoms with Crippen LogP contribution in [0.25, 0.3) is 0 Å². The van der Waals surface area contributed by atoms with E-state index in [1.165, 1.54) is 14.0 Å². The van der Waals surface area contributed by atoms with Gasteiger partial charge in [0, 0.05) is 13.6 Å². The predicted molar refractivity (Wildman–Crippen MR) is 60.9 cm³/mol. The number of aliphatic carboxylic acids is 1. The number of carbonyl (C=O) groups is 2. The van der Waals surface area contributed by atoms with Crippen LogP contribution < -0.4 is 0 Å². The summed E-state index contributed by atoms with van der Waals surface area (Å²) in [6, 6.07) is 0. The molecule has 0 spiro atoms. The van der Waals surface area contributed by atoms with E-state index in [9.17, 15) is 22.8 Å². The number of aromatic nitrogens is 1. The molecular weight excluding hydrogens is 285 g/mol. The van der Waals surface area contributed by atoms with Crippen molar-refractivity contribution in [2.45, 2.75) is 13.1 Å². The van der Waals surface area contributed by atoms with E-state index in [4.69, 9.17) is 5.11 Å². The second kappa shape index (κ2) is 5.55. The summed E-state index contributed by atoms with van der Waals surface area (Å²) in [4.78, 5) is 25.7. The van der Waals surface area contributed by atoms with Gasteiger partial charge in [-0.2, -0.15) is 13.2 Å². The largest absolute Gasteiger partial charge is 0.481 e. The van der Waals surface area contributed by atoms with E-state index >= 15 is 0 Å². The molecule has 9 heteroatoms. The highest BCUT2D eigenvalue weighted by Gasteiger charge is 2.38. The average Bonchev–Trinajstić information content (AvgIpc) is 2.75. The number of amides is 1. The zero-order chi connectivity index (χ0) is 14.8. The normalized spacial score (nSPS) is 13.1. The average molecular weight is 296 g/mol. The topological polar surface area (TPSA) is 70.5 Å². The van der Waals surface area contributed by atoms with Gasteiger partial charge in [-0.15, -0.1) is 11.3 Å². The van der Waals surface area contributed by atoms with E-state index in [-0.39, 0.29) is 6.54 Å². The molecule has 1 N–H and O–H groups in total. The molecule has 0 saturated carbocycles. The predicted octanol–water partition coefficient (Wildman–Crippen LogP) is 1.95. The van der Waals surface area contributed by atoms with Crippen molar-refractivity contribution >= 4 is 23.2 Å². The monoisotopic (exact) mass is 296 g/mol. The molecule has 1 atom stereocenters. The van der Waals surface area contributed by atoms with Crippen LogP contribution in [0.3, 0.4) is 0 Å². The van der Waals surface area contributed by atoms with Crippen molar-refractivity contribution in [2.24, 2.45) is 5.92 Å². The minimum atomic E-state index is -4.65. The molecule has 1 heterocycles. The van der Waals surface area contributed by atoms with Gasteiger partial charge in [0.15, 0.2) is 5.69 Å². The third-order valence-corrected chi connectivity index (χ3v) is 3.21. The number of carboxylic acid groups (broad SMARTS) is 1. The Morgan fingerprint density at radius 2 is 2.11 bits per heavy atom. The molecule has 19 heavy (non-hydrogen) atoms. The Morgan fingerprint density at radius 1 is 1.53 bits per heavy atom. The van der Waals surface area contributed by atoms with Gasteiger partial charge in [0.05, 0.1) is 11.4 Å². The van der Waals surface area contributed by atoms with Crippen LogP contribution in [0.5, 0.6) is 0 Å². The highest BCUT2D eigenvalue weighted by atomic mass is 32.1. The van der Waals surface area contributed by atoms with Crippen molar-refractivity contribution < 1.29 is 27.9 Å². The van der Waals surface area contributed by atoms with Gasteiger partial charge >= 0.3 is 12.1 Å². The van der Waals surface area contributed by atoms with Crippen molar-refractivity contribution in [3.8, 4) is 0 Å². The van der Waals surface area contributed by atoms with Crippen LogP contribution in [0.4, 0.5) is 13.2 Å². The quantitative estimate of drug-likeness (QED) is 0.922. The van der Waals surface area contributed by atoms with Gasteiger partial charge in [0.2, 0.25) is 0 Å². The van der Waals surface area contributed by atoms with E-state index in [0.717, 1.165) is 10.4 Å². The van der Waals surface area contributed by atoms with E-state index in [0.29, 0.717) is 11.3 Å². The third-order valence-electron chi connectivity index (χ3n) is 2.34. The molecule has 1 rings (SSSR count). The Balaban J connectivity index is 2.90. The molecule has 1 amide bonds. The van der Waals surface area contributed by atoms with Crippen LogP contribution in [0, 0.1) is 5.92 Å². The SMILES string of the molecule is CC(CN(C)C(=O)c1ncsc1C(F)(F)F)C(=O)O. The molecule has 0 fully saturated rings. The molecule has 1 aromatic rings. The maximum absolute atomic E-state index is 12.6. The molecule has 5 nitrogen and oxygen atoms in total. The number of alkyl halides is 3. The lowest BCUT2D eigenvalue weighted by Gasteiger charge is -2.19. The Morgan fingerprint density at radius 3 is 2.58 bits per heavy atom. The molecular formula is C10H11F3N2O3S. The van der Waals surface area contributed by atoms with E-state index in [2.05, 4.69) is 4.98 Å². The van der Waals surface area contributed by atoms with Gasteiger partial charge < -0.3 is 10.0 Å². The summed E-state index contributed by atoms with van der Waals surface area (Å²) >= 11 is 0.327. The van der Waals surface area contributed by atoms with Gasteiger partial charge in [-0.1, -0.05) is 6.92 Å². The number of carbonyl (C=O) groups excluding carboxylic acids is 1. The number of hydrogen-bond acceptors (Lipinski definition) is 4. The summed E-state index contributed by atoms with van der Waals surface area (Å²) in [5.74, 6) is -2.95. The standard InChI is InChI=1S/C10H11F3N2O3S/c1-5(9(17)18)3-15(2)8(16)6-7(10(11,12)13)19-4-14-6/h4-5H,3H2,1-2H3,(H,17,18). The molecule has 0 radical (unpaired) electrons. The van der Waals surface area contributed by atoms with Gasteiger partial charge in [-0.25, -0.2) is 4.98 Å². The maximum Gasteiger partial charge on any atom is 0.427 e. The number of carboxylic acids is 1. The number of halogens is 3. The Hall–Kier alpha value is -1.64. The molecule has 1 aromatic heterocycles. The van der Waals surface area contributed by atoms with E-state index in [1.807, 2.05) is 0 Å². The molecule has 0 aliphatic heterocycles. The fourth-order valence-electron chi connectivity index (χ4n) is 1.35. The first-order chi connectivity index (χ1) is 8.64. The third kappa shape index (κ3) is 3.66.